The molecule has 0 fully saturated rings. The van der Waals surface area contributed by atoms with Crippen LogP contribution in [-0.4, -0.2) is 10.9 Å². The summed E-state index contributed by atoms with van der Waals surface area (Å²) in [5, 5.41) is 2.46. The molecule has 0 bridgehead atoms. The number of hydrogen-bond donors (Lipinski definition) is 1. The van der Waals surface area contributed by atoms with Gasteiger partial charge in [0.25, 0.3) is 5.91 Å². The predicted octanol–water partition coefficient (Wildman–Crippen LogP) is 3.24. The van der Waals surface area contributed by atoms with E-state index in [1.807, 2.05) is 0 Å². The Hall–Kier alpha value is -1.75. The Kier molecular flexibility index (Phi) is 3.49. The number of pyridine rings is 1. The maximum absolute atomic E-state index is 13.3. The number of para-hydroxylation sites is 1. The van der Waals surface area contributed by atoms with Gasteiger partial charge >= 0.3 is 0 Å². The van der Waals surface area contributed by atoms with Crippen LogP contribution in [0.5, 0.6) is 0 Å². The molecule has 0 aliphatic carbocycles. The van der Waals surface area contributed by atoms with Gasteiger partial charge in [0.15, 0.2) is 0 Å². The lowest BCUT2D eigenvalue weighted by Crippen LogP contribution is -2.14. The molecule has 0 unspecified atom stereocenters. The third-order valence-electron chi connectivity index (χ3n) is 2.07. The first-order chi connectivity index (χ1) is 8.16. The second-order valence-corrected chi connectivity index (χ2v) is 4.09. The molecule has 1 N–H and O–H groups in total. The van der Waals surface area contributed by atoms with Gasteiger partial charge in [0.05, 0.1) is 5.69 Å². The van der Waals surface area contributed by atoms with Crippen LogP contribution in [0.3, 0.4) is 0 Å². The first-order valence-corrected chi connectivity index (χ1v) is 5.64. The Labute approximate surface area is 106 Å². The number of aromatic nitrogens is 1. The van der Waals surface area contributed by atoms with Crippen LogP contribution in [-0.2, 0) is 0 Å². The second-order valence-electron chi connectivity index (χ2n) is 3.28. The summed E-state index contributed by atoms with van der Waals surface area (Å²) in [7, 11) is 0. The van der Waals surface area contributed by atoms with Crippen molar-refractivity contribution in [1.82, 2.24) is 4.98 Å². The predicted molar refractivity (Wildman–Crippen MR) is 66.3 cm³/mol. The SMILES string of the molecule is O=C(Nc1ccccc1F)c1cccc(Br)n1. The molecular weight excluding hydrogens is 287 g/mol. The molecule has 0 radical (unpaired) electrons. The molecule has 1 aromatic carbocycles. The zero-order valence-electron chi connectivity index (χ0n) is 8.65. The van der Waals surface area contributed by atoms with Gasteiger partial charge in [0.1, 0.15) is 16.1 Å². The van der Waals surface area contributed by atoms with E-state index >= 15 is 0 Å². The molecule has 0 spiro atoms. The molecule has 0 saturated heterocycles. The molecule has 2 aromatic rings. The van der Waals surface area contributed by atoms with E-state index in [0.29, 0.717) is 4.60 Å². The van der Waals surface area contributed by atoms with Crippen molar-refractivity contribution in [2.24, 2.45) is 0 Å². The molecule has 17 heavy (non-hydrogen) atoms. The summed E-state index contributed by atoms with van der Waals surface area (Å²) in [5.74, 6) is -0.924. The zero-order valence-corrected chi connectivity index (χ0v) is 10.2. The van der Waals surface area contributed by atoms with E-state index in [1.165, 1.54) is 12.1 Å². The maximum Gasteiger partial charge on any atom is 0.274 e. The lowest BCUT2D eigenvalue weighted by Gasteiger charge is -2.05. The van der Waals surface area contributed by atoms with Crippen molar-refractivity contribution >= 4 is 27.5 Å². The molecular formula is C12H8BrFN2O. The van der Waals surface area contributed by atoms with Crippen LogP contribution >= 0.6 is 15.9 Å². The summed E-state index contributed by atoms with van der Waals surface area (Å²) in [6.07, 6.45) is 0. The highest BCUT2D eigenvalue weighted by Crippen LogP contribution is 2.14. The Morgan fingerprint density at radius 1 is 1.18 bits per heavy atom. The van der Waals surface area contributed by atoms with Crippen LogP contribution in [0.25, 0.3) is 0 Å². The van der Waals surface area contributed by atoms with Crippen molar-refractivity contribution < 1.29 is 9.18 Å². The van der Waals surface area contributed by atoms with Crippen LogP contribution in [0, 0.1) is 5.82 Å². The van der Waals surface area contributed by atoms with Crippen LogP contribution in [0.2, 0.25) is 0 Å². The average molecular weight is 295 g/mol. The van der Waals surface area contributed by atoms with Gasteiger partial charge in [0, 0.05) is 0 Å². The molecule has 5 heteroatoms. The number of carbonyl (C=O) groups is 1. The number of amides is 1. The first kappa shape index (κ1) is 11.7. The largest absolute Gasteiger partial charge is 0.318 e. The Bertz CT molecular complexity index is 560. The number of halogens is 2. The molecule has 0 aliphatic rings. The number of nitrogens with one attached hydrogen (secondary N) is 1. The third kappa shape index (κ3) is 2.88. The summed E-state index contributed by atoms with van der Waals surface area (Å²) in [6, 6.07) is 10.9. The lowest BCUT2D eigenvalue weighted by atomic mass is 10.3. The van der Waals surface area contributed by atoms with E-state index in [4.69, 9.17) is 0 Å². The molecule has 1 amide bonds. The van der Waals surface area contributed by atoms with E-state index < -0.39 is 11.7 Å². The van der Waals surface area contributed by atoms with Crippen molar-refractivity contribution in [2.75, 3.05) is 5.32 Å². The standard InChI is InChI=1S/C12H8BrFN2O/c13-11-7-3-6-10(15-11)12(17)16-9-5-2-1-4-8(9)14/h1-7H,(H,16,17). The van der Waals surface area contributed by atoms with Gasteiger partial charge in [-0.3, -0.25) is 4.79 Å². The van der Waals surface area contributed by atoms with Crippen molar-refractivity contribution in [3.8, 4) is 0 Å². The summed E-state index contributed by atoms with van der Waals surface area (Å²) >= 11 is 3.17. The maximum atomic E-state index is 13.3. The van der Waals surface area contributed by atoms with Crippen molar-refractivity contribution in [3.63, 3.8) is 0 Å². The number of benzene rings is 1. The molecule has 1 aromatic heterocycles. The highest BCUT2D eigenvalue weighted by Gasteiger charge is 2.09. The monoisotopic (exact) mass is 294 g/mol. The quantitative estimate of drug-likeness (QED) is 0.864. The Morgan fingerprint density at radius 3 is 2.65 bits per heavy atom. The van der Waals surface area contributed by atoms with Gasteiger partial charge in [-0.1, -0.05) is 18.2 Å². The highest BCUT2D eigenvalue weighted by atomic mass is 79.9. The molecule has 1 heterocycles. The van der Waals surface area contributed by atoms with Crippen LogP contribution in [0.4, 0.5) is 10.1 Å². The fraction of sp³-hybridized carbons (Fsp3) is 0. The topological polar surface area (TPSA) is 42.0 Å². The number of carbonyl (C=O) groups excluding carboxylic acids is 1. The van der Waals surface area contributed by atoms with Crippen LogP contribution in [0.1, 0.15) is 10.5 Å². The first-order valence-electron chi connectivity index (χ1n) is 4.85. The second kappa shape index (κ2) is 5.05. The van der Waals surface area contributed by atoms with Crippen molar-refractivity contribution in [3.05, 3.63) is 58.6 Å². The van der Waals surface area contributed by atoms with Gasteiger partial charge in [-0.25, -0.2) is 9.37 Å². The average Bonchev–Trinajstić information content (AvgIpc) is 2.32. The van der Waals surface area contributed by atoms with Gasteiger partial charge in [-0.05, 0) is 40.2 Å². The molecule has 2 rings (SSSR count). The lowest BCUT2D eigenvalue weighted by molar-refractivity contribution is 0.102. The summed E-state index contributed by atoms with van der Waals surface area (Å²) < 4.78 is 13.9. The van der Waals surface area contributed by atoms with E-state index in [1.54, 1.807) is 30.3 Å². The van der Waals surface area contributed by atoms with Crippen LogP contribution in [0.15, 0.2) is 47.1 Å². The Balaban J connectivity index is 2.20. The third-order valence-corrected chi connectivity index (χ3v) is 2.51. The Morgan fingerprint density at radius 2 is 1.94 bits per heavy atom. The number of rotatable bonds is 2. The number of hydrogen-bond acceptors (Lipinski definition) is 2. The van der Waals surface area contributed by atoms with Crippen LogP contribution < -0.4 is 5.32 Å². The van der Waals surface area contributed by atoms with E-state index in [2.05, 4.69) is 26.2 Å². The minimum atomic E-state index is -0.476. The molecule has 0 atom stereocenters. The smallest absolute Gasteiger partial charge is 0.274 e. The molecule has 3 nitrogen and oxygen atoms in total. The van der Waals surface area contributed by atoms with Crippen molar-refractivity contribution in [1.29, 1.82) is 0 Å². The highest BCUT2D eigenvalue weighted by molar-refractivity contribution is 9.10. The van der Waals surface area contributed by atoms with Gasteiger partial charge in [-0.15, -0.1) is 0 Å². The number of anilines is 1. The fourth-order valence-corrected chi connectivity index (χ4v) is 1.63. The van der Waals surface area contributed by atoms with Gasteiger partial charge < -0.3 is 5.32 Å². The minimum absolute atomic E-state index is 0.138. The van der Waals surface area contributed by atoms with E-state index in [9.17, 15) is 9.18 Å². The molecule has 0 saturated carbocycles. The summed E-state index contributed by atoms with van der Waals surface area (Å²) in [4.78, 5) is 15.7. The fourth-order valence-electron chi connectivity index (χ4n) is 1.28. The van der Waals surface area contributed by atoms with Crippen molar-refractivity contribution in [2.45, 2.75) is 0 Å². The van der Waals surface area contributed by atoms with E-state index in [0.717, 1.165) is 0 Å². The van der Waals surface area contributed by atoms with Gasteiger partial charge in [-0.2, -0.15) is 0 Å². The molecule has 86 valence electrons. The van der Waals surface area contributed by atoms with E-state index in [-0.39, 0.29) is 11.4 Å². The van der Waals surface area contributed by atoms with Gasteiger partial charge in [0.2, 0.25) is 0 Å². The summed E-state index contributed by atoms with van der Waals surface area (Å²) in [5.41, 5.74) is 0.363. The minimum Gasteiger partial charge on any atom is -0.318 e. The molecule has 0 aliphatic heterocycles. The number of nitrogens with zero attached hydrogens (tertiary/aromatic N) is 1. The summed E-state index contributed by atoms with van der Waals surface area (Å²) in [6.45, 7) is 0. The normalized spacial score (nSPS) is 10.0. The zero-order chi connectivity index (χ0) is 12.3.